The zero-order valence-corrected chi connectivity index (χ0v) is 11.3. The van der Waals surface area contributed by atoms with E-state index in [2.05, 4.69) is 9.72 Å². The summed E-state index contributed by atoms with van der Waals surface area (Å²) in [6.07, 6.45) is 2.62. The molecule has 1 fully saturated rings. The van der Waals surface area contributed by atoms with Crippen molar-refractivity contribution in [2.24, 2.45) is 0 Å². The van der Waals surface area contributed by atoms with Crippen molar-refractivity contribution in [1.29, 1.82) is 0 Å². The van der Waals surface area contributed by atoms with Crippen LogP contribution in [0.3, 0.4) is 0 Å². The van der Waals surface area contributed by atoms with Crippen molar-refractivity contribution in [1.82, 2.24) is 13.9 Å². The van der Waals surface area contributed by atoms with Crippen LogP contribution in [0.2, 0.25) is 0 Å². The Kier molecular flexibility index (Phi) is 4.17. The predicted octanol–water partition coefficient (Wildman–Crippen LogP) is -0.923. The Morgan fingerprint density at radius 3 is 2.79 bits per heavy atom. The van der Waals surface area contributed by atoms with Gasteiger partial charge in [-0.1, -0.05) is 0 Å². The van der Waals surface area contributed by atoms with E-state index in [4.69, 9.17) is 4.74 Å². The number of rotatable bonds is 4. The van der Waals surface area contributed by atoms with E-state index in [1.165, 1.54) is 28.5 Å². The third-order valence-corrected chi connectivity index (χ3v) is 4.51. The summed E-state index contributed by atoms with van der Waals surface area (Å²) in [5.74, 6) is -0.465. The summed E-state index contributed by atoms with van der Waals surface area (Å²) in [6.45, 7) is 1.31. The van der Waals surface area contributed by atoms with Crippen LogP contribution in [0.4, 0.5) is 0 Å². The standard InChI is InChI=1S/C10H15N3O5S/c1-17-10(14)7-12-6-9(11-8-12)19(15,16)13-2-4-18-5-3-13/h6,8H,2-5,7H2,1H3. The first-order valence-corrected chi connectivity index (χ1v) is 7.14. The van der Waals surface area contributed by atoms with Gasteiger partial charge in [-0.25, -0.2) is 13.4 Å². The van der Waals surface area contributed by atoms with Crippen LogP contribution in [0.15, 0.2) is 17.6 Å². The molecule has 2 rings (SSSR count). The van der Waals surface area contributed by atoms with E-state index in [9.17, 15) is 13.2 Å². The molecule has 1 saturated heterocycles. The van der Waals surface area contributed by atoms with Crippen LogP contribution >= 0.6 is 0 Å². The van der Waals surface area contributed by atoms with Gasteiger partial charge >= 0.3 is 5.97 Å². The molecule has 0 amide bonds. The number of carbonyl (C=O) groups is 1. The molecule has 0 N–H and O–H groups in total. The van der Waals surface area contributed by atoms with Crippen LogP contribution in [0, 0.1) is 0 Å². The van der Waals surface area contributed by atoms with Crippen LogP contribution in [-0.4, -0.2) is 61.7 Å². The zero-order chi connectivity index (χ0) is 13.9. The molecule has 106 valence electrons. The normalized spacial score (nSPS) is 17.3. The van der Waals surface area contributed by atoms with Crippen molar-refractivity contribution in [2.75, 3.05) is 33.4 Å². The van der Waals surface area contributed by atoms with E-state index >= 15 is 0 Å². The highest BCUT2D eigenvalue weighted by atomic mass is 32.2. The Labute approximate surface area is 111 Å². The van der Waals surface area contributed by atoms with E-state index in [0.29, 0.717) is 26.3 Å². The van der Waals surface area contributed by atoms with Crippen molar-refractivity contribution >= 4 is 16.0 Å². The van der Waals surface area contributed by atoms with Crippen molar-refractivity contribution in [2.45, 2.75) is 11.6 Å². The molecular formula is C10H15N3O5S. The Morgan fingerprint density at radius 2 is 2.16 bits per heavy atom. The lowest BCUT2D eigenvalue weighted by Gasteiger charge is -2.24. The largest absolute Gasteiger partial charge is 0.468 e. The summed E-state index contributed by atoms with van der Waals surface area (Å²) >= 11 is 0. The average molecular weight is 289 g/mol. The van der Waals surface area contributed by atoms with E-state index in [-0.39, 0.29) is 11.6 Å². The van der Waals surface area contributed by atoms with E-state index < -0.39 is 16.0 Å². The number of morpholine rings is 1. The number of esters is 1. The fraction of sp³-hybridized carbons (Fsp3) is 0.600. The van der Waals surface area contributed by atoms with Gasteiger partial charge in [-0.3, -0.25) is 4.79 Å². The minimum Gasteiger partial charge on any atom is -0.468 e. The molecule has 1 aliphatic heterocycles. The number of ether oxygens (including phenoxy) is 2. The molecule has 1 aromatic rings. The van der Waals surface area contributed by atoms with Crippen LogP contribution in [0.1, 0.15) is 0 Å². The molecule has 0 unspecified atom stereocenters. The molecular weight excluding hydrogens is 274 g/mol. The number of methoxy groups -OCH3 is 1. The van der Waals surface area contributed by atoms with Crippen molar-refractivity contribution in [3.8, 4) is 0 Å². The van der Waals surface area contributed by atoms with Crippen LogP contribution in [0.5, 0.6) is 0 Å². The number of hydrogen-bond acceptors (Lipinski definition) is 6. The molecule has 1 aliphatic rings. The van der Waals surface area contributed by atoms with Gasteiger partial charge in [0.1, 0.15) is 6.54 Å². The molecule has 0 atom stereocenters. The SMILES string of the molecule is COC(=O)Cn1cnc(S(=O)(=O)N2CCOCC2)c1. The van der Waals surface area contributed by atoms with Crippen molar-refractivity contribution in [3.05, 3.63) is 12.5 Å². The number of carbonyl (C=O) groups excluding carboxylic acids is 1. The molecule has 1 aromatic heterocycles. The molecule has 0 spiro atoms. The average Bonchev–Trinajstić information content (AvgIpc) is 2.89. The first-order chi connectivity index (χ1) is 9.04. The molecule has 8 nitrogen and oxygen atoms in total. The fourth-order valence-electron chi connectivity index (χ4n) is 1.69. The smallest absolute Gasteiger partial charge is 0.325 e. The van der Waals surface area contributed by atoms with Crippen LogP contribution < -0.4 is 0 Å². The monoisotopic (exact) mass is 289 g/mol. The lowest BCUT2D eigenvalue weighted by atomic mass is 10.5. The molecule has 0 radical (unpaired) electrons. The van der Waals surface area contributed by atoms with Gasteiger partial charge in [-0.05, 0) is 0 Å². The summed E-state index contributed by atoms with van der Waals surface area (Å²) in [5.41, 5.74) is 0. The molecule has 19 heavy (non-hydrogen) atoms. The summed E-state index contributed by atoms with van der Waals surface area (Å²) in [5, 5.41) is -0.0710. The van der Waals surface area contributed by atoms with Gasteiger partial charge in [-0.2, -0.15) is 4.31 Å². The van der Waals surface area contributed by atoms with Gasteiger partial charge < -0.3 is 14.0 Å². The van der Waals surface area contributed by atoms with Gasteiger partial charge in [0, 0.05) is 19.3 Å². The topological polar surface area (TPSA) is 90.7 Å². The quantitative estimate of drug-likeness (QED) is 0.666. The number of aromatic nitrogens is 2. The second-order valence-corrected chi connectivity index (χ2v) is 5.86. The van der Waals surface area contributed by atoms with Gasteiger partial charge in [0.2, 0.25) is 0 Å². The molecule has 0 saturated carbocycles. The van der Waals surface area contributed by atoms with Crippen molar-refractivity contribution in [3.63, 3.8) is 0 Å². The maximum Gasteiger partial charge on any atom is 0.325 e. The van der Waals surface area contributed by atoms with E-state index in [0.717, 1.165) is 0 Å². The molecule has 2 heterocycles. The maximum absolute atomic E-state index is 12.2. The van der Waals surface area contributed by atoms with Crippen LogP contribution in [-0.2, 0) is 30.8 Å². The molecule has 9 heteroatoms. The Hall–Kier alpha value is -1.45. The minimum atomic E-state index is -3.61. The third-order valence-electron chi connectivity index (χ3n) is 2.72. The molecule has 0 aliphatic carbocycles. The molecule has 0 aromatic carbocycles. The number of sulfonamides is 1. The van der Waals surface area contributed by atoms with Gasteiger partial charge in [0.05, 0.1) is 26.7 Å². The lowest BCUT2D eigenvalue weighted by molar-refractivity contribution is -0.141. The zero-order valence-electron chi connectivity index (χ0n) is 10.5. The number of imidazole rings is 1. The van der Waals surface area contributed by atoms with Crippen molar-refractivity contribution < 1.29 is 22.7 Å². The van der Waals surface area contributed by atoms with Gasteiger partial charge in [0.25, 0.3) is 10.0 Å². The summed E-state index contributed by atoms with van der Waals surface area (Å²) < 4.78 is 36.8. The predicted molar refractivity (Wildman–Crippen MR) is 63.8 cm³/mol. The lowest BCUT2D eigenvalue weighted by Crippen LogP contribution is -2.40. The number of nitrogens with zero attached hydrogens (tertiary/aromatic N) is 3. The Bertz CT molecular complexity index is 547. The first kappa shape index (κ1) is 14.0. The summed E-state index contributed by atoms with van der Waals surface area (Å²) in [7, 11) is -2.35. The maximum atomic E-state index is 12.2. The Balaban J connectivity index is 2.14. The second-order valence-electron chi connectivity index (χ2n) is 3.98. The van der Waals surface area contributed by atoms with E-state index in [1.807, 2.05) is 0 Å². The van der Waals surface area contributed by atoms with Crippen LogP contribution in [0.25, 0.3) is 0 Å². The highest BCUT2D eigenvalue weighted by molar-refractivity contribution is 7.89. The highest BCUT2D eigenvalue weighted by Gasteiger charge is 2.28. The third kappa shape index (κ3) is 3.11. The highest BCUT2D eigenvalue weighted by Crippen LogP contribution is 2.14. The summed E-state index contributed by atoms with van der Waals surface area (Å²) in [4.78, 5) is 14.9. The number of hydrogen-bond donors (Lipinski definition) is 0. The fourth-order valence-corrected chi connectivity index (χ4v) is 3.04. The minimum absolute atomic E-state index is 0.0673. The molecule has 0 bridgehead atoms. The first-order valence-electron chi connectivity index (χ1n) is 5.70. The summed E-state index contributed by atoms with van der Waals surface area (Å²) in [6, 6.07) is 0. The second kappa shape index (κ2) is 5.68. The Morgan fingerprint density at radius 1 is 1.47 bits per heavy atom. The van der Waals surface area contributed by atoms with Gasteiger partial charge in [-0.15, -0.1) is 0 Å². The van der Waals surface area contributed by atoms with E-state index in [1.54, 1.807) is 0 Å². The van der Waals surface area contributed by atoms with Gasteiger partial charge in [0.15, 0.2) is 5.03 Å².